The minimum absolute atomic E-state index is 0.0544. The molecular weight excluding hydrogens is 278 g/mol. The first-order chi connectivity index (χ1) is 10.6. The monoisotopic (exact) mass is 297 g/mol. The highest BCUT2D eigenvalue weighted by molar-refractivity contribution is 5.70. The average molecular weight is 297 g/mol. The molecule has 22 heavy (non-hydrogen) atoms. The highest BCUT2D eigenvalue weighted by Gasteiger charge is 2.08. The molecule has 0 radical (unpaired) electrons. The molecule has 0 saturated heterocycles. The van der Waals surface area contributed by atoms with Crippen molar-refractivity contribution in [3.05, 3.63) is 69.6 Å². The van der Waals surface area contributed by atoms with Gasteiger partial charge in [0, 0.05) is 11.8 Å². The van der Waals surface area contributed by atoms with Crippen molar-refractivity contribution in [1.29, 1.82) is 0 Å². The van der Waals surface area contributed by atoms with Crippen LogP contribution in [-0.2, 0) is 16.1 Å². The summed E-state index contributed by atoms with van der Waals surface area (Å²) in [6.45, 7) is 3.80. The van der Waals surface area contributed by atoms with Crippen molar-refractivity contribution in [2.24, 2.45) is 0 Å². The largest absolute Gasteiger partial charge is 0.465 e. The van der Waals surface area contributed by atoms with Gasteiger partial charge < -0.3 is 9.30 Å². The number of hydrogen-bond donors (Lipinski definition) is 0. The summed E-state index contributed by atoms with van der Waals surface area (Å²) >= 11 is 0. The van der Waals surface area contributed by atoms with E-state index in [-0.39, 0.29) is 12.1 Å². The molecule has 0 aliphatic heterocycles. The van der Waals surface area contributed by atoms with E-state index in [0.717, 1.165) is 16.8 Å². The lowest BCUT2D eigenvalue weighted by Crippen LogP contribution is -2.26. The minimum atomic E-state index is -0.403. The summed E-state index contributed by atoms with van der Waals surface area (Å²) in [5, 5.41) is 0. The topological polar surface area (TPSA) is 48.3 Å². The second kappa shape index (κ2) is 7.41. The van der Waals surface area contributed by atoms with Crippen LogP contribution in [0.1, 0.15) is 23.7 Å². The third-order valence-electron chi connectivity index (χ3n) is 3.22. The molecule has 0 N–H and O–H groups in total. The predicted molar refractivity (Wildman–Crippen MR) is 87.4 cm³/mol. The Morgan fingerprint density at radius 3 is 2.45 bits per heavy atom. The van der Waals surface area contributed by atoms with Crippen LogP contribution in [0, 0.1) is 6.92 Å². The molecule has 0 aliphatic carbocycles. The van der Waals surface area contributed by atoms with Crippen molar-refractivity contribution >= 4 is 18.1 Å². The fourth-order valence-corrected chi connectivity index (χ4v) is 2.15. The zero-order valence-electron chi connectivity index (χ0n) is 12.8. The van der Waals surface area contributed by atoms with Gasteiger partial charge in [0.2, 0.25) is 0 Å². The lowest BCUT2D eigenvalue weighted by Gasteiger charge is -2.09. The summed E-state index contributed by atoms with van der Waals surface area (Å²) in [5.74, 6) is -0.403. The summed E-state index contributed by atoms with van der Waals surface area (Å²) in [5.41, 5.74) is 2.40. The third-order valence-corrected chi connectivity index (χ3v) is 3.22. The standard InChI is InChI=1S/C18H19NO3/c1-3-22-18(21)13-19-14(2)11-16(12-17(19)20)10-9-15-7-5-4-6-8-15/h4-12H,3,13H2,1-2H3. The van der Waals surface area contributed by atoms with Crippen molar-refractivity contribution < 1.29 is 9.53 Å². The smallest absolute Gasteiger partial charge is 0.326 e. The molecule has 1 aromatic heterocycles. The Labute approximate surface area is 129 Å². The van der Waals surface area contributed by atoms with Gasteiger partial charge in [-0.05, 0) is 31.0 Å². The Hall–Kier alpha value is -2.62. The van der Waals surface area contributed by atoms with E-state index in [4.69, 9.17) is 4.74 Å². The van der Waals surface area contributed by atoms with Crippen LogP contribution in [-0.4, -0.2) is 17.1 Å². The number of ether oxygens (including phenoxy) is 1. The fourth-order valence-electron chi connectivity index (χ4n) is 2.15. The Morgan fingerprint density at radius 1 is 1.14 bits per heavy atom. The highest BCUT2D eigenvalue weighted by Crippen LogP contribution is 2.08. The molecule has 2 aromatic rings. The van der Waals surface area contributed by atoms with Gasteiger partial charge in [-0.2, -0.15) is 0 Å². The molecule has 4 heteroatoms. The van der Waals surface area contributed by atoms with E-state index in [9.17, 15) is 9.59 Å². The van der Waals surface area contributed by atoms with E-state index >= 15 is 0 Å². The van der Waals surface area contributed by atoms with Gasteiger partial charge in [0.15, 0.2) is 0 Å². The summed E-state index contributed by atoms with van der Waals surface area (Å²) in [7, 11) is 0. The molecule has 1 heterocycles. The maximum Gasteiger partial charge on any atom is 0.326 e. The number of aryl methyl sites for hydroxylation is 1. The maximum absolute atomic E-state index is 12.1. The number of nitrogens with zero attached hydrogens (tertiary/aromatic N) is 1. The minimum Gasteiger partial charge on any atom is -0.465 e. The van der Waals surface area contributed by atoms with Gasteiger partial charge in [-0.15, -0.1) is 0 Å². The number of carbonyl (C=O) groups excluding carboxylic acids is 1. The Morgan fingerprint density at radius 2 is 1.82 bits per heavy atom. The van der Waals surface area contributed by atoms with Gasteiger partial charge in [-0.3, -0.25) is 9.59 Å². The van der Waals surface area contributed by atoms with Crippen molar-refractivity contribution in [3.8, 4) is 0 Å². The van der Waals surface area contributed by atoms with Crippen LogP contribution in [0.3, 0.4) is 0 Å². The molecule has 0 fully saturated rings. The number of benzene rings is 1. The molecule has 0 saturated carbocycles. The molecule has 1 aromatic carbocycles. The van der Waals surface area contributed by atoms with E-state index < -0.39 is 5.97 Å². The molecular formula is C18H19NO3. The number of hydrogen-bond acceptors (Lipinski definition) is 3. The lowest BCUT2D eigenvalue weighted by atomic mass is 10.1. The maximum atomic E-state index is 12.1. The number of rotatable bonds is 5. The summed E-state index contributed by atoms with van der Waals surface area (Å²) < 4.78 is 6.29. The molecule has 114 valence electrons. The number of esters is 1. The third kappa shape index (κ3) is 4.19. The van der Waals surface area contributed by atoms with Crippen molar-refractivity contribution in [2.45, 2.75) is 20.4 Å². The molecule has 0 spiro atoms. The molecule has 0 unspecified atom stereocenters. The second-order valence-corrected chi connectivity index (χ2v) is 4.90. The van der Waals surface area contributed by atoms with Crippen LogP contribution in [0.2, 0.25) is 0 Å². The van der Waals surface area contributed by atoms with Gasteiger partial charge >= 0.3 is 5.97 Å². The van der Waals surface area contributed by atoms with Crippen molar-refractivity contribution in [1.82, 2.24) is 4.57 Å². The van der Waals surface area contributed by atoms with E-state index in [0.29, 0.717) is 6.61 Å². The Bertz CT molecular complexity index is 730. The summed E-state index contributed by atoms with van der Waals surface area (Å²) in [4.78, 5) is 23.6. The van der Waals surface area contributed by atoms with Gasteiger partial charge in [0.25, 0.3) is 5.56 Å². The normalized spacial score (nSPS) is 10.8. The fraction of sp³-hybridized carbons (Fsp3) is 0.222. The van der Waals surface area contributed by atoms with Crippen molar-refractivity contribution in [2.75, 3.05) is 6.61 Å². The predicted octanol–water partition coefficient (Wildman–Crippen LogP) is 2.89. The number of aromatic nitrogens is 1. The van der Waals surface area contributed by atoms with Crippen molar-refractivity contribution in [3.63, 3.8) is 0 Å². The average Bonchev–Trinajstić information content (AvgIpc) is 2.50. The molecule has 2 rings (SSSR count). The van der Waals surface area contributed by atoms with Crippen LogP contribution in [0.4, 0.5) is 0 Å². The zero-order chi connectivity index (χ0) is 15.9. The zero-order valence-corrected chi connectivity index (χ0v) is 12.8. The lowest BCUT2D eigenvalue weighted by molar-refractivity contribution is -0.143. The highest BCUT2D eigenvalue weighted by atomic mass is 16.5. The van der Waals surface area contributed by atoms with Gasteiger partial charge in [0.05, 0.1) is 6.61 Å². The Balaban J connectivity index is 2.21. The number of pyridine rings is 1. The Kier molecular flexibility index (Phi) is 5.31. The van der Waals surface area contributed by atoms with Gasteiger partial charge in [0.1, 0.15) is 6.54 Å². The summed E-state index contributed by atoms with van der Waals surface area (Å²) in [6.07, 6.45) is 3.84. The molecule has 0 atom stereocenters. The van der Waals surface area contributed by atoms with Crippen LogP contribution < -0.4 is 5.56 Å². The molecule has 4 nitrogen and oxygen atoms in total. The van der Waals surface area contributed by atoms with E-state index in [1.807, 2.05) is 48.6 Å². The second-order valence-electron chi connectivity index (χ2n) is 4.90. The van der Waals surface area contributed by atoms with Crippen LogP contribution >= 0.6 is 0 Å². The molecule has 0 amide bonds. The van der Waals surface area contributed by atoms with Crippen LogP contribution in [0.25, 0.3) is 12.2 Å². The van der Waals surface area contributed by atoms with Gasteiger partial charge in [-0.25, -0.2) is 0 Å². The van der Waals surface area contributed by atoms with Gasteiger partial charge in [-0.1, -0.05) is 42.5 Å². The first-order valence-electron chi connectivity index (χ1n) is 7.20. The SMILES string of the molecule is CCOC(=O)Cn1c(C)cc(C=Cc2ccccc2)cc1=O. The molecule has 0 aliphatic rings. The first kappa shape index (κ1) is 15.8. The first-order valence-corrected chi connectivity index (χ1v) is 7.20. The van der Waals surface area contributed by atoms with E-state index in [1.54, 1.807) is 13.8 Å². The number of carbonyl (C=O) groups is 1. The van der Waals surface area contributed by atoms with Crippen LogP contribution in [0.5, 0.6) is 0 Å². The van der Waals surface area contributed by atoms with E-state index in [1.165, 1.54) is 10.6 Å². The molecule has 0 bridgehead atoms. The summed E-state index contributed by atoms with van der Waals surface area (Å²) in [6, 6.07) is 13.3. The van der Waals surface area contributed by atoms with E-state index in [2.05, 4.69) is 0 Å². The quantitative estimate of drug-likeness (QED) is 0.797. The van der Waals surface area contributed by atoms with Crippen LogP contribution in [0.15, 0.2) is 47.3 Å².